The minimum atomic E-state index is -0.877. The highest BCUT2D eigenvalue weighted by Gasteiger charge is 2.29. The van der Waals surface area contributed by atoms with E-state index in [9.17, 15) is 18.7 Å². The zero-order chi connectivity index (χ0) is 22.3. The summed E-state index contributed by atoms with van der Waals surface area (Å²) >= 11 is 0. The van der Waals surface area contributed by atoms with Gasteiger partial charge in [-0.1, -0.05) is 20.8 Å². The van der Waals surface area contributed by atoms with E-state index in [4.69, 9.17) is 0 Å². The first-order chi connectivity index (χ1) is 14.0. The maximum Gasteiger partial charge on any atom is 0.217 e. The van der Waals surface area contributed by atoms with Gasteiger partial charge in [0.25, 0.3) is 0 Å². The van der Waals surface area contributed by atoms with Gasteiger partial charge in [0, 0.05) is 19.5 Å². The quantitative estimate of drug-likeness (QED) is 0.491. The lowest BCUT2D eigenvalue weighted by Crippen LogP contribution is -2.50. The lowest BCUT2D eigenvalue weighted by Gasteiger charge is -2.36. The van der Waals surface area contributed by atoms with E-state index in [1.807, 2.05) is 0 Å². The van der Waals surface area contributed by atoms with E-state index in [0.29, 0.717) is 23.9 Å². The van der Waals surface area contributed by atoms with Crippen molar-refractivity contribution in [1.29, 1.82) is 0 Å². The van der Waals surface area contributed by atoms with Crippen LogP contribution in [0.5, 0.6) is 0 Å². The van der Waals surface area contributed by atoms with Crippen molar-refractivity contribution >= 4 is 5.91 Å². The molecular formula is C23H37F2N3O2. The molecule has 170 valence electrons. The van der Waals surface area contributed by atoms with Crippen LogP contribution in [0, 0.1) is 28.9 Å². The first kappa shape index (κ1) is 24.7. The van der Waals surface area contributed by atoms with Gasteiger partial charge < -0.3 is 21.1 Å². The molecule has 30 heavy (non-hydrogen) atoms. The molecule has 1 aliphatic heterocycles. The molecule has 4 unspecified atom stereocenters. The van der Waals surface area contributed by atoms with Crippen molar-refractivity contribution in [3.8, 4) is 0 Å². The van der Waals surface area contributed by atoms with Gasteiger partial charge in [-0.25, -0.2) is 8.78 Å². The van der Waals surface area contributed by atoms with E-state index in [1.165, 1.54) is 19.1 Å². The Kier molecular flexibility index (Phi) is 9.19. The third-order valence-electron chi connectivity index (χ3n) is 5.63. The third-order valence-corrected chi connectivity index (χ3v) is 5.63. The van der Waals surface area contributed by atoms with Gasteiger partial charge in [-0.2, -0.15) is 0 Å². The molecule has 0 radical (unpaired) electrons. The molecule has 1 heterocycles. The first-order valence-corrected chi connectivity index (χ1v) is 10.8. The van der Waals surface area contributed by atoms with Gasteiger partial charge in [0.15, 0.2) is 0 Å². The summed E-state index contributed by atoms with van der Waals surface area (Å²) < 4.78 is 27.0. The number of piperidine rings is 1. The van der Waals surface area contributed by atoms with Crippen LogP contribution in [0.15, 0.2) is 18.2 Å². The van der Waals surface area contributed by atoms with E-state index < -0.39 is 23.8 Å². The number of nitrogens with one attached hydrogen (secondary N) is 3. The molecule has 1 saturated heterocycles. The van der Waals surface area contributed by atoms with Crippen molar-refractivity contribution in [2.45, 2.75) is 59.1 Å². The number of carbonyl (C=O) groups is 1. The highest BCUT2D eigenvalue weighted by Crippen LogP contribution is 2.32. The second kappa shape index (κ2) is 11.2. The summed E-state index contributed by atoms with van der Waals surface area (Å²) in [6.45, 7) is 11.2. The SMILES string of the molecule is CC(=O)NC(Cc1cc(F)cc(F)c1)C(O)CNCC1CNCCC1CC(C)(C)C. The van der Waals surface area contributed by atoms with Gasteiger partial charge in [0.2, 0.25) is 5.91 Å². The Balaban J connectivity index is 1.92. The van der Waals surface area contributed by atoms with Crippen LogP contribution in [0.4, 0.5) is 8.78 Å². The molecule has 0 aliphatic carbocycles. The zero-order valence-electron chi connectivity index (χ0n) is 18.6. The number of hydrogen-bond acceptors (Lipinski definition) is 4. The molecule has 0 bridgehead atoms. The Bertz CT molecular complexity index is 673. The number of carbonyl (C=O) groups excluding carboxylic acids is 1. The molecule has 0 aromatic heterocycles. The van der Waals surface area contributed by atoms with Crippen LogP contribution in [0.3, 0.4) is 0 Å². The Morgan fingerprint density at radius 1 is 1.23 bits per heavy atom. The number of hydrogen-bond donors (Lipinski definition) is 4. The van der Waals surface area contributed by atoms with Crippen molar-refractivity contribution < 1.29 is 18.7 Å². The van der Waals surface area contributed by atoms with E-state index in [1.54, 1.807) is 0 Å². The number of aliphatic hydroxyl groups excluding tert-OH is 1. The predicted octanol–water partition coefficient (Wildman–Crippen LogP) is 2.62. The minimum Gasteiger partial charge on any atom is -0.390 e. The number of halogens is 2. The summed E-state index contributed by atoms with van der Waals surface area (Å²) in [4.78, 5) is 11.6. The van der Waals surface area contributed by atoms with Crippen LogP contribution in [0.1, 0.15) is 46.1 Å². The Hall–Kier alpha value is -1.57. The van der Waals surface area contributed by atoms with Crippen molar-refractivity contribution in [2.24, 2.45) is 17.3 Å². The number of amides is 1. The van der Waals surface area contributed by atoms with E-state index in [0.717, 1.165) is 38.5 Å². The van der Waals surface area contributed by atoms with Crippen LogP contribution in [0.2, 0.25) is 0 Å². The smallest absolute Gasteiger partial charge is 0.217 e. The van der Waals surface area contributed by atoms with E-state index >= 15 is 0 Å². The average molecular weight is 426 g/mol. The molecule has 7 heteroatoms. The zero-order valence-corrected chi connectivity index (χ0v) is 18.6. The lowest BCUT2D eigenvalue weighted by atomic mass is 9.75. The summed E-state index contributed by atoms with van der Waals surface area (Å²) in [7, 11) is 0. The maximum atomic E-state index is 13.5. The number of aliphatic hydroxyl groups is 1. The summed E-state index contributed by atoms with van der Waals surface area (Å²) in [6, 6.07) is 2.62. The van der Waals surface area contributed by atoms with Crippen molar-refractivity contribution in [3.63, 3.8) is 0 Å². The normalized spacial score (nSPS) is 21.8. The topological polar surface area (TPSA) is 73.4 Å². The van der Waals surface area contributed by atoms with Gasteiger partial charge in [0.05, 0.1) is 12.1 Å². The van der Waals surface area contributed by atoms with Crippen LogP contribution < -0.4 is 16.0 Å². The second-order valence-corrected chi connectivity index (χ2v) is 9.79. The highest BCUT2D eigenvalue weighted by atomic mass is 19.1. The summed E-state index contributed by atoms with van der Waals surface area (Å²) in [5.74, 6) is -0.542. The van der Waals surface area contributed by atoms with Gasteiger partial charge >= 0.3 is 0 Å². The Morgan fingerprint density at radius 2 is 1.90 bits per heavy atom. The molecule has 1 amide bonds. The molecule has 4 atom stereocenters. The maximum absolute atomic E-state index is 13.5. The molecule has 2 rings (SSSR count). The summed E-state index contributed by atoms with van der Waals surface area (Å²) in [5.41, 5.74) is 0.670. The van der Waals surface area contributed by atoms with Gasteiger partial charge in [-0.05, 0) is 73.8 Å². The van der Waals surface area contributed by atoms with Crippen molar-refractivity contribution in [1.82, 2.24) is 16.0 Å². The molecular weight excluding hydrogens is 388 g/mol. The Labute approximate surface area is 179 Å². The van der Waals surface area contributed by atoms with Gasteiger partial charge in [-0.3, -0.25) is 4.79 Å². The van der Waals surface area contributed by atoms with E-state index in [-0.39, 0.29) is 17.7 Å². The average Bonchev–Trinajstić information content (AvgIpc) is 2.60. The monoisotopic (exact) mass is 425 g/mol. The fourth-order valence-electron chi connectivity index (χ4n) is 4.36. The first-order valence-electron chi connectivity index (χ1n) is 10.8. The molecule has 0 spiro atoms. The highest BCUT2D eigenvalue weighted by molar-refractivity contribution is 5.73. The van der Waals surface area contributed by atoms with Crippen molar-refractivity contribution in [2.75, 3.05) is 26.2 Å². The van der Waals surface area contributed by atoms with Crippen LogP contribution in [0.25, 0.3) is 0 Å². The predicted molar refractivity (Wildman–Crippen MR) is 115 cm³/mol. The third kappa shape index (κ3) is 8.66. The van der Waals surface area contributed by atoms with E-state index in [2.05, 4.69) is 36.7 Å². The number of rotatable bonds is 9. The summed E-state index contributed by atoms with van der Waals surface area (Å²) in [5, 5.41) is 20.2. The molecule has 1 aliphatic rings. The van der Waals surface area contributed by atoms with Crippen LogP contribution in [-0.2, 0) is 11.2 Å². The molecule has 0 saturated carbocycles. The molecule has 4 N–H and O–H groups in total. The van der Waals surface area contributed by atoms with Crippen LogP contribution >= 0.6 is 0 Å². The molecule has 5 nitrogen and oxygen atoms in total. The Morgan fingerprint density at radius 3 is 2.50 bits per heavy atom. The minimum absolute atomic E-state index is 0.148. The number of benzene rings is 1. The molecule has 1 fully saturated rings. The standard InChI is InChI=1S/C23H37F2N3O2/c1-15(29)28-21(9-16-7-19(24)10-20(25)8-16)22(30)14-27-13-18-12-26-6-5-17(18)11-23(2,3)4/h7-8,10,17-18,21-22,26-27,30H,5-6,9,11-14H2,1-4H3,(H,28,29). The summed E-state index contributed by atoms with van der Waals surface area (Å²) in [6.07, 6.45) is 1.57. The largest absolute Gasteiger partial charge is 0.390 e. The fraction of sp³-hybridized carbons (Fsp3) is 0.696. The van der Waals surface area contributed by atoms with Crippen molar-refractivity contribution in [3.05, 3.63) is 35.4 Å². The lowest BCUT2D eigenvalue weighted by molar-refractivity contribution is -0.120. The molecule has 1 aromatic rings. The fourth-order valence-corrected chi connectivity index (χ4v) is 4.36. The second-order valence-electron chi connectivity index (χ2n) is 9.79. The van der Waals surface area contributed by atoms with Gasteiger partial charge in [0.1, 0.15) is 11.6 Å². The molecule has 1 aromatic carbocycles. The van der Waals surface area contributed by atoms with Gasteiger partial charge in [-0.15, -0.1) is 0 Å². The van der Waals surface area contributed by atoms with Crippen LogP contribution in [-0.4, -0.2) is 49.3 Å².